The van der Waals surface area contributed by atoms with Crippen LogP contribution >= 0.6 is 35.0 Å². The molecule has 0 fully saturated rings. The molecule has 4 heteroatoms. The molecule has 1 aliphatic heterocycles. The molecule has 0 aliphatic carbocycles. The van der Waals surface area contributed by atoms with Gasteiger partial charge in [0.1, 0.15) is 0 Å². The molecule has 2 unspecified atom stereocenters. The normalized spacial score (nSPS) is 22.9. The first-order chi connectivity index (χ1) is 8.69. The van der Waals surface area contributed by atoms with Gasteiger partial charge in [-0.05, 0) is 42.6 Å². The van der Waals surface area contributed by atoms with Crippen molar-refractivity contribution in [2.45, 2.75) is 43.7 Å². The summed E-state index contributed by atoms with van der Waals surface area (Å²) in [4.78, 5) is 0. The topological polar surface area (TPSA) is 12.0 Å². The van der Waals surface area contributed by atoms with Gasteiger partial charge in [-0.25, -0.2) is 0 Å². The molecule has 18 heavy (non-hydrogen) atoms. The lowest BCUT2D eigenvalue weighted by atomic mass is 9.96. The van der Waals surface area contributed by atoms with Crippen LogP contribution < -0.4 is 5.32 Å². The first-order valence-electron chi connectivity index (χ1n) is 6.50. The summed E-state index contributed by atoms with van der Waals surface area (Å²) in [6.07, 6.45) is 2.28. The van der Waals surface area contributed by atoms with Crippen molar-refractivity contribution in [3.63, 3.8) is 0 Å². The standard InChI is InChI=1S/C14H19Cl2NS/c1-3-7-17-14-12(4-2)18-8-9-10(15)5-6-11(16)13(9)14/h5-6,12,14,17H,3-4,7-8H2,1-2H3. The van der Waals surface area contributed by atoms with Crippen molar-refractivity contribution in [3.05, 3.63) is 33.3 Å². The lowest BCUT2D eigenvalue weighted by Gasteiger charge is -2.34. The fourth-order valence-corrected chi connectivity index (χ4v) is 4.41. The predicted molar refractivity (Wildman–Crippen MR) is 82.9 cm³/mol. The van der Waals surface area contributed by atoms with Crippen LogP contribution in [-0.2, 0) is 5.75 Å². The highest BCUT2D eigenvalue weighted by Gasteiger charge is 2.31. The highest BCUT2D eigenvalue weighted by atomic mass is 35.5. The minimum absolute atomic E-state index is 0.329. The van der Waals surface area contributed by atoms with Gasteiger partial charge in [-0.3, -0.25) is 0 Å². The number of fused-ring (bicyclic) bond motifs is 1. The van der Waals surface area contributed by atoms with Gasteiger partial charge in [0.05, 0.1) is 0 Å². The number of halogens is 2. The van der Waals surface area contributed by atoms with Gasteiger partial charge in [-0.1, -0.05) is 37.0 Å². The van der Waals surface area contributed by atoms with Crippen LogP contribution in [0.25, 0.3) is 0 Å². The van der Waals surface area contributed by atoms with E-state index in [0.29, 0.717) is 11.3 Å². The Morgan fingerprint density at radius 1 is 1.28 bits per heavy atom. The third kappa shape index (κ3) is 2.82. The van der Waals surface area contributed by atoms with E-state index in [1.807, 2.05) is 23.9 Å². The summed E-state index contributed by atoms with van der Waals surface area (Å²) in [6, 6.07) is 4.16. The first-order valence-corrected chi connectivity index (χ1v) is 8.31. The van der Waals surface area contributed by atoms with Crippen molar-refractivity contribution in [1.29, 1.82) is 0 Å². The van der Waals surface area contributed by atoms with Gasteiger partial charge in [-0.2, -0.15) is 11.8 Å². The van der Waals surface area contributed by atoms with Crippen molar-refractivity contribution in [2.24, 2.45) is 0 Å². The average Bonchev–Trinajstić information content (AvgIpc) is 2.39. The summed E-state index contributed by atoms with van der Waals surface area (Å²) >= 11 is 14.7. The van der Waals surface area contributed by atoms with Crippen LogP contribution in [0.1, 0.15) is 43.9 Å². The number of hydrogen-bond donors (Lipinski definition) is 1. The Hall–Kier alpha value is 0.110. The van der Waals surface area contributed by atoms with Crippen molar-refractivity contribution in [3.8, 4) is 0 Å². The number of benzene rings is 1. The van der Waals surface area contributed by atoms with E-state index in [1.165, 1.54) is 11.1 Å². The van der Waals surface area contributed by atoms with Crippen molar-refractivity contribution < 1.29 is 0 Å². The summed E-state index contributed by atoms with van der Waals surface area (Å²) in [5.74, 6) is 0.970. The van der Waals surface area contributed by atoms with E-state index < -0.39 is 0 Å². The van der Waals surface area contributed by atoms with Crippen LogP contribution in [0.2, 0.25) is 10.0 Å². The van der Waals surface area contributed by atoms with E-state index >= 15 is 0 Å². The lowest BCUT2D eigenvalue weighted by Crippen LogP contribution is -2.34. The van der Waals surface area contributed by atoms with E-state index in [4.69, 9.17) is 23.2 Å². The molecular weight excluding hydrogens is 285 g/mol. The molecule has 100 valence electrons. The highest BCUT2D eigenvalue weighted by molar-refractivity contribution is 7.99. The number of nitrogens with one attached hydrogen (secondary N) is 1. The van der Waals surface area contributed by atoms with Gasteiger partial charge in [0, 0.05) is 27.1 Å². The maximum Gasteiger partial charge on any atom is 0.0459 e. The van der Waals surface area contributed by atoms with Gasteiger partial charge in [0.15, 0.2) is 0 Å². The molecule has 0 saturated carbocycles. The molecule has 0 bridgehead atoms. The van der Waals surface area contributed by atoms with E-state index in [-0.39, 0.29) is 0 Å². The molecule has 1 aliphatic rings. The molecule has 1 aromatic carbocycles. The Kier molecular flexibility index (Phi) is 5.25. The van der Waals surface area contributed by atoms with Gasteiger partial charge in [-0.15, -0.1) is 0 Å². The Morgan fingerprint density at radius 2 is 2.00 bits per heavy atom. The number of hydrogen-bond acceptors (Lipinski definition) is 2. The molecule has 0 amide bonds. The summed E-state index contributed by atoms with van der Waals surface area (Å²) in [6.45, 7) is 5.44. The van der Waals surface area contributed by atoms with Crippen LogP contribution in [0.5, 0.6) is 0 Å². The van der Waals surface area contributed by atoms with E-state index in [1.54, 1.807) is 0 Å². The second kappa shape index (κ2) is 6.51. The van der Waals surface area contributed by atoms with E-state index in [9.17, 15) is 0 Å². The Bertz CT molecular complexity index is 423. The summed E-state index contributed by atoms with van der Waals surface area (Å²) < 4.78 is 0. The Balaban J connectivity index is 2.39. The molecule has 1 heterocycles. The molecule has 0 spiro atoms. The predicted octanol–water partition coefficient (Wildman–Crippen LogP) is 5.06. The first kappa shape index (κ1) is 14.5. The minimum Gasteiger partial charge on any atom is -0.309 e. The van der Waals surface area contributed by atoms with Crippen LogP contribution in [0.4, 0.5) is 0 Å². The smallest absolute Gasteiger partial charge is 0.0459 e. The van der Waals surface area contributed by atoms with Crippen molar-refractivity contribution in [2.75, 3.05) is 6.54 Å². The van der Waals surface area contributed by atoms with Crippen LogP contribution in [-0.4, -0.2) is 11.8 Å². The quantitative estimate of drug-likeness (QED) is 0.834. The van der Waals surface area contributed by atoms with Gasteiger partial charge < -0.3 is 5.32 Å². The monoisotopic (exact) mass is 303 g/mol. The molecule has 1 aromatic rings. The van der Waals surface area contributed by atoms with Crippen molar-refractivity contribution in [1.82, 2.24) is 5.32 Å². The Labute approximate surface area is 124 Å². The van der Waals surface area contributed by atoms with E-state index in [2.05, 4.69) is 19.2 Å². The van der Waals surface area contributed by atoms with Crippen LogP contribution in [0, 0.1) is 0 Å². The third-order valence-corrected chi connectivity index (χ3v) is 5.56. The largest absolute Gasteiger partial charge is 0.309 e. The second-order valence-corrected chi connectivity index (χ2v) is 6.65. The van der Waals surface area contributed by atoms with Crippen LogP contribution in [0.15, 0.2) is 12.1 Å². The molecular formula is C14H19Cl2NS. The third-order valence-electron chi connectivity index (χ3n) is 3.39. The SMILES string of the molecule is CCCNC1c2c(Cl)ccc(Cl)c2CSC1CC. The molecule has 1 nitrogen and oxygen atoms in total. The Morgan fingerprint density at radius 3 is 2.67 bits per heavy atom. The molecule has 2 atom stereocenters. The average molecular weight is 304 g/mol. The molecule has 1 N–H and O–H groups in total. The molecule has 0 saturated heterocycles. The highest BCUT2D eigenvalue weighted by Crippen LogP contribution is 2.44. The summed E-state index contributed by atoms with van der Waals surface area (Å²) in [5, 5.41) is 5.91. The van der Waals surface area contributed by atoms with Gasteiger partial charge in [0.2, 0.25) is 0 Å². The van der Waals surface area contributed by atoms with Crippen molar-refractivity contribution >= 4 is 35.0 Å². The molecule has 2 rings (SSSR count). The lowest BCUT2D eigenvalue weighted by molar-refractivity contribution is 0.498. The summed E-state index contributed by atoms with van der Waals surface area (Å²) in [5.41, 5.74) is 2.44. The van der Waals surface area contributed by atoms with Crippen LogP contribution in [0.3, 0.4) is 0 Å². The number of thioether (sulfide) groups is 1. The fourth-order valence-electron chi connectivity index (χ4n) is 2.45. The van der Waals surface area contributed by atoms with Gasteiger partial charge >= 0.3 is 0 Å². The maximum absolute atomic E-state index is 6.40. The zero-order chi connectivity index (χ0) is 13.1. The number of rotatable bonds is 4. The second-order valence-electron chi connectivity index (χ2n) is 4.61. The minimum atomic E-state index is 0.329. The molecule has 0 radical (unpaired) electrons. The zero-order valence-corrected chi connectivity index (χ0v) is 13.1. The summed E-state index contributed by atoms with van der Waals surface area (Å²) in [7, 11) is 0. The fraction of sp³-hybridized carbons (Fsp3) is 0.571. The van der Waals surface area contributed by atoms with E-state index in [0.717, 1.165) is 35.2 Å². The van der Waals surface area contributed by atoms with Gasteiger partial charge in [0.25, 0.3) is 0 Å². The zero-order valence-electron chi connectivity index (χ0n) is 10.8. The molecule has 0 aromatic heterocycles. The maximum atomic E-state index is 6.40.